The number of rotatable bonds is 6. The number of nitrogens with one attached hydrogen (secondary N) is 1. The highest BCUT2D eigenvalue weighted by Gasteiger charge is 2.29. The van der Waals surface area contributed by atoms with Crippen LogP contribution in [0.2, 0.25) is 10.0 Å². The van der Waals surface area contributed by atoms with Gasteiger partial charge in [-0.2, -0.15) is 13.2 Å². The Morgan fingerprint density at radius 1 is 1.33 bits per heavy atom. The summed E-state index contributed by atoms with van der Waals surface area (Å²) in [6, 6.07) is 3.01. The average Bonchev–Trinajstić information content (AvgIpc) is 3.31. The van der Waals surface area contributed by atoms with Crippen LogP contribution in [0.4, 0.5) is 18.9 Å². The summed E-state index contributed by atoms with van der Waals surface area (Å²) >= 11 is 12.8. The molecule has 0 spiro atoms. The number of allylic oxidation sites excluding steroid dienone is 1. The van der Waals surface area contributed by atoms with E-state index in [1.165, 1.54) is 6.07 Å². The standard InChI is InChI=1S/C16H17Cl2F3N2S/c1-2-3-6-22-15(10-4-5-10)23-13-8-14(12(18)7-11(13)17)24-9-16(19,20)21/h2-3,7-8,10H,4-6,9H2,1H3,(H,22,23)/b3-2-. The predicted octanol–water partition coefficient (Wildman–Crippen LogP) is 6.44. The summed E-state index contributed by atoms with van der Waals surface area (Å²) in [4.78, 5) is 4.83. The fraction of sp³-hybridized carbons (Fsp3) is 0.438. The van der Waals surface area contributed by atoms with Crippen molar-refractivity contribution < 1.29 is 13.2 Å². The summed E-state index contributed by atoms with van der Waals surface area (Å²) in [6.07, 6.45) is 1.67. The van der Waals surface area contributed by atoms with Crippen molar-refractivity contribution in [2.75, 3.05) is 17.6 Å². The topological polar surface area (TPSA) is 24.4 Å². The van der Waals surface area contributed by atoms with Gasteiger partial charge in [0, 0.05) is 10.8 Å². The number of alkyl halides is 3. The smallest absolute Gasteiger partial charge is 0.343 e. The second-order valence-electron chi connectivity index (χ2n) is 5.36. The molecule has 8 heteroatoms. The predicted molar refractivity (Wildman–Crippen MR) is 96.7 cm³/mol. The largest absolute Gasteiger partial charge is 0.398 e. The van der Waals surface area contributed by atoms with Gasteiger partial charge in [0.15, 0.2) is 0 Å². The van der Waals surface area contributed by atoms with Crippen LogP contribution >= 0.6 is 35.0 Å². The second-order valence-corrected chi connectivity index (χ2v) is 7.19. The molecule has 0 heterocycles. The summed E-state index contributed by atoms with van der Waals surface area (Å²) in [5.41, 5.74) is 0.525. The highest BCUT2D eigenvalue weighted by molar-refractivity contribution is 7.99. The van der Waals surface area contributed by atoms with E-state index in [1.54, 1.807) is 6.07 Å². The Kier molecular flexibility index (Phi) is 6.89. The van der Waals surface area contributed by atoms with Crippen molar-refractivity contribution >= 4 is 46.5 Å². The van der Waals surface area contributed by atoms with Gasteiger partial charge in [-0.25, -0.2) is 0 Å². The minimum atomic E-state index is -4.26. The zero-order valence-electron chi connectivity index (χ0n) is 13.0. The maximum Gasteiger partial charge on any atom is 0.398 e. The van der Waals surface area contributed by atoms with E-state index in [-0.39, 0.29) is 5.02 Å². The summed E-state index contributed by atoms with van der Waals surface area (Å²) in [5, 5.41) is 3.73. The Morgan fingerprint density at radius 2 is 2.04 bits per heavy atom. The van der Waals surface area contributed by atoms with Crippen LogP contribution in [-0.2, 0) is 0 Å². The van der Waals surface area contributed by atoms with Gasteiger partial charge in [0.1, 0.15) is 5.84 Å². The number of aliphatic imine (C=N–C) groups is 1. The molecular formula is C16H17Cl2F3N2S. The van der Waals surface area contributed by atoms with Crippen molar-refractivity contribution in [1.29, 1.82) is 0 Å². The van der Waals surface area contributed by atoms with E-state index in [9.17, 15) is 13.2 Å². The minimum absolute atomic E-state index is 0.207. The number of amidine groups is 1. The van der Waals surface area contributed by atoms with Gasteiger partial charge in [0.25, 0.3) is 0 Å². The van der Waals surface area contributed by atoms with E-state index in [0.717, 1.165) is 18.7 Å². The van der Waals surface area contributed by atoms with Crippen LogP contribution in [0.25, 0.3) is 0 Å². The number of hydrogen-bond acceptors (Lipinski definition) is 2. The molecule has 1 aliphatic carbocycles. The molecule has 1 aromatic carbocycles. The maximum atomic E-state index is 12.4. The summed E-state index contributed by atoms with van der Waals surface area (Å²) < 4.78 is 37.3. The zero-order chi connectivity index (χ0) is 17.7. The second kappa shape index (κ2) is 8.50. The zero-order valence-corrected chi connectivity index (χ0v) is 15.3. The first kappa shape index (κ1) is 19.5. The SMILES string of the molecule is C/C=C\CN=C(Nc1cc(SCC(F)(F)F)c(Cl)cc1Cl)C1CC1. The molecular weight excluding hydrogens is 380 g/mol. The number of benzene rings is 1. The fourth-order valence-corrected chi connectivity index (χ4v) is 3.23. The van der Waals surface area contributed by atoms with Crippen molar-refractivity contribution in [2.45, 2.75) is 30.8 Å². The van der Waals surface area contributed by atoms with Crippen LogP contribution in [0.1, 0.15) is 19.8 Å². The molecule has 0 bridgehead atoms. The van der Waals surface area contributed by atoms with Crippen molar-refractivity contribution in [3.05, 3.63) is 34.3 Å². The van der Waals surface area contributed by atoms with Gasteiger partial charge < -0.3 is 5.32 Å². The monoisotopic (exact) mass is 396 g/mol. The molecule has 1 saturated carbocycles. The maximum absolute atomic E-state index is 12.4. The molecule has 24 heavy (non-hydrogen) atoms. The van der Waals surface area contributed by atoms with Crippen LogP contribution in [0.5, 0.6) is 0 Å². The molecule has 0 saturated heterocycles. The van der Waals surface area contributed by atoms with Gasteiger partial charge in [-0.15, -0.1) is 11.8 Å². The Bertz CT molecular complexity index is 641. The Labute approximate surface area is 153 Å². The summed E-state index contributed by atoms with van der Waals surface area (Å²) in [6.45, 7) is 2.47. The van der Waals surface area contributed by atoms with Crippen LogP contribution in [-0.4, -0.2) is 24.3 Å². The number of anilines is 1. The first-order valence-corrected chi connectivity index (χ1v) is 9.15. The van der Waals surface area contributed by atoms with Gasteiger partial charge in [-0.05, 0) is 31.9 Å². The highest BCUT2D eigenvalue weighted by atomic mass is 35.5. The fourth-order valence-electron chi connectivity index (χ4n) is 1.92. The first-order valence-electron chi connectivity index (χ1n) is 7.41. The lowest BCUT2D eigenvalue weighted by atomic mass is 10.3. The molecule has 2 nitrogen and oxygen atoms in total. The van der Waals surface area contributed by atoms with Crippen molar-refractivity contribution in [2.24, 2.45) is 10.9 Å². The van der Waals surface area contributed by atoms with E-state index in [0.29, 0.717) is 39.8 Å². The molecule has 1 aromatic rings. The number of halogens is 5. The van der Waals surface area contributed by atoms with Gasteiger partial charge in [0.05, 0.1) is 28.0 Å². The molecule has 1 N–H and O–H groups in total. The lowest BCUT2D eigenvalue weighted by Gasteiger charge is -2.14. The average molecular weight is 397 g/mol. The van der Waals surface area contributed by atoms with Gasteiger partial charge in [0.2, 0.25) is 0 Å². The Hall–Kier alpha value is -0.850. The lowest BCUT2D eigenvalue weighted by Crippen LogP contribution is -2.15. The van der Waals surface area contributed by atoms with Crippen molar-refractivity contribution in [3.63, 3.8) is 0 Å². The third-order valence-corrected chi connectivity index (χ3v) is 5.10. The molecule has 0 aliphatic heterocycles. The molecule has 0 atom stereocenters. The lowest BCUT2D eigenvalue weighted by molar-refractivity contribution is -0.105. The van der Waals surface area contributed by atoms with Gasteiger partial charge >= 0.3 is 6.18 Å². The molecule has 0 aromatic heterocycles. The number of thioether (sulfide) groups is 1. The van der Waals surface area contributed by atoms with E-state index in [4.69, 9.17) is 23.2 Å². The van der Waals surface area contributed by atoms with Gasteiger partial charge in [-0.1, -0.05) is 35.4 Å². The number of hydrogen-bond donors (Lipinski definition) is 1. The van der Waals surface area contributed by atoms with Gasteiger partial charge in [-0.3, -0.25) is 4.99 Å². The van der Waals surface area contributed by atoms with E-state index in [2.05, 4.69) is 10.3 Å². The van der Waals surface area contributed by atoms with E-state index >= 15 is 0 Å². The van der Waals surface area contributed by atoms with E-state index in [1.807, 2.05) is 19.1 Å². The molecule has 132 valence electrons. The molecule has 0 amide bonds. The third-order valence-electron chi connectivity index (χ3n) is 3.24. The number of nitrogens with zero attached hydrogens (tertiary/aromatic N) is 1. The molecule has 1 fully saturated rings. The summed E-state index contributed by atoms with van der Waals surface area (Å²) in [7, 11) is 0. The molecule has 0 radical (unpaired) electrons. The van der Waals surface area contributed by atoms with Crippen LogP contribution in [0.15, 0.2) is 34.2 Å². The van der Waals surface area contributed by atoms with Crippen molar-refractivity contribution in [3.8, 4) is 0 Å². The Morgan fingerprint density at radius 3 is 2.62 bits per heavy atom. The van der Waals surface area contributed by atoms with E-state index < -0.39 is 11.9 Å². The summed E-state index contributed by atoms with van der Waals surface area (Å²) in [5.74, 6) is 0.163. The molecule has 0 unspecified atom stereocenters. The first-order chi connectivity index (χ1) is 11.3. The normalized spacial score (nSPS) is 16.0. The van der Waals surface area contributed by atoms with Crippen LogP contribution in [0, 0.1) is 5.92 Å². The van der Waals surface area contributed by atoms with Crippen molar-refractivity contribution in [1.82, 2.24) is 0 Å². The minimum Gasteiger partial charge on any atom is -0.343 e. The van der Waals surface area contributed by atoms with Crippen LogP contribution in [0.3, 0.4) is 0 Å². The molecule has 2 rings (SSSR count). The van der Waals surface area contributed by atoms with Crippen LogP contribution < -0.4 is 5.32 Å². The highest BCUT2D eigenvalue weighted by Crippen LogP contribution is 2.38. The molecule has 1 aliphatic rings. The Balaban J connectivity index is 2.17. The quantitative estimate of drug-likeness (QED) is 0.258. The third kappa shape index (κ3) is 6.22.